The molecule has 0 atom stereocenters. The van der Waals surface area contributed by atoms with E-state index in [1.807, 2.05) is 24.3 Å². The molecule has 2 rings (SSSR count). The van der Waals surface area contributed by atoms with Crippen molar-refractivity contribution in [2.45, 2.75) is 13.3 Å². The SMILES string of the molecule is Cc1cc(O)c2ccccc2c1CCN(C)C. The molecular weight excluding hydrogens is 210 g/mol. The van der Waals surface area contributed by atoms with Crippen LogP contribution in [0.15, 0.2) is 30.3 Å². The normalized spacial score (nSPS) is 11.3. The van der Waals surface area contributed by atoms with Crippen LogP contribution in [0.1, 0.15) is 11.1 Å². The smallest absolute Gasteiger partial charge is 0.123 e. The third kappa shape index (κ3) is 2.42. The van der Waals surface area contributed by atoms with Gasteiger partial charge in [0.2, 0.25) is 0 Å². The van der Waals surface area contributed by atoms with E-state index in [0.717, 1.165) is 18.4 Å². The molecule has 2 aromatic rings. The van der Waals surface area contributed by atoms with Crippen LogP contribution in [-0.4, -0.2) is 30.6 Å². The lowest BCUT2D eigenvalue weighted by atomic mass is 9.96. The third-order valence-electron chi connectivity index (χ3n) is 3.17. The summed E-state index contributed by atoms with van der Waals surface area (Å²) >= 11 is 0. The predicted molar refractivity (Wildman–Crippen MR) is 72.6 cm³/mol. The van der Waals surface area contributed by atoms with Gasteiger partial charge in [-0.2, -0.15) is 0 Å². The van der Waals surface area contributed by atoms with Crippen molar-refractivity contribution in [3.63, 3.8) is 0 Å². The minimum absolute atomic E-state index is 0.381. The van der Waals surface area contributed by atoms with Crippen LogP contribution in [0.5, 0.6) is 5.75 Å². The molecule has 0 radical (unpaired) electrons. The molecule has 0 aliphatic heterocycles. The van der Waals surface area contributed by atoms with Gasteiger partial charge in [-0.1, -0.05) is 24.3 Å². The Hall–Kier alpha value is -1.54. The zero-order chi connectivity index (χ0) is 12.4. The Morgan fingerprint density at radius 2 is 1.76 bits per heavy atom. The van der Waals surface area contributed by atoms with Crippen molar-refractivity contribution in [1.29, 1.82) is 0 Å². The number of aryl methyl sites for hydroxylation is 1. The number of nitrogens with zero attached hydrogens (tertiary/aromatic N) is 1. The Bertz CT molecular complexity index is 532. The van der Waals surface area contributed by atoms with Crippen molar-refractivity contribution in [2.24, 2.45) is 0 Å². The average Bonchev–Trinajstić information content (AvgIpc) is 2.28. The van der Waals surface area contributed by atoms with E-state index >= 15 is 0 Å². The second kappa shape index (κ2) is 4.76. The lowest BCUT2D eigenvalue weighted by molar-refractivity contribution is 0.414. The number of fused-ring (bicyclic) bond motifs is 1. The van der Waals surface area contributed by atoms with Gasteiger partial charge in [0.1, 0.15) is 5.75 Å². The molecule has 0 bridgehead atoms. The summed E-state index contributed by atoms with van der Waals surface area (Å²) in [5, 5.41) is 12.1. The van der Waals surface area contributed by atoms with E-state index in [1.165, 1.54) is 16.5 Å². The number of likely N-dealkylation sites (N-methyl/N-ethyl adjacent to an activating group) is 1. The van der Waals surface area contributed by atoms with Crippen LogP contribution in [0, 0.1) is 6.92 Å². The van der Waals surface area contributed by atoms with Gasteiger partial charge in [0, 0.05) is 11.9 Å². The molecule has 17 heavy (non-hydrogen) atoms. The lowest BCUT2D eigenvalue weighted by Crippen LogP contribution is -2.15. The quantitative estimate of drug-likeness (QED) is 0.874. The van der Waals surface area contributed by atoms with Crippen molar-refractivity contribution in [3.05, 3.63) is 41.5 Å². The monoisotopic (exact) mass is 229 g/mol. The lowest BCUT2D eigenvalue weighted by Gasteiger charge is -2.14. The van der Waals surface area contributed by atoms with E-state index in [2.05, 4.69) is 32.0 Å². The number of rotatable bonds is 3. The van der Waals surface area contributed by atoms with Crippen molar-refractivity contribution >= 4 is 10.8 Å². The summed E-state index contributed by atoms with van der Waals surface area (Å²) in [6.45, 7) is 3.09. The molecule has 0 aliphatic carbocycles. The van der Waals surface area contributed by atoms with Gasteiger partial charge in [-0.25, -0.2) is 0 Å². The fraction of sp³-hybridized carbons (Fsp3) is 0.333. The van der Waals surface area contributed by atoms with E-state index in [-0.39, 0.29) is 0 Å². The van der Waals surface area contributed by atoms with Crippen LogP contribution >= 0.6 is 0 Å². The van der Waals surface area contributed by atoms with Crippen LogP contribution in [0.4, 0.5) is 0 Å². The summed E-state index contributed by atoms with van der Waals surface area (Å²) in [6, 6.07) is 9.93. The fourth-order valence-electron chi connectivity index (χ4n) is 2.22. The van der Waals surface area contributed by atoms with Crippen molar-refractivity contribution in [2.75, 3.05) is 20.6 Å². The third-order valence-corrected chi connectivity index (χ3v) is 3.17. The van der Waals surface area contributed by atoms with Crippen LogP contribution in [0.2, 0.25) is 0 Å². The van der Waals surface area contributed by atoms with Gasteiger partial charge in [0.15, 0.2) is 0 Å². The molecule has 2 aromatic carbocycles. The zero-order valence-electron chi connectivity index (χ0n) is 10.7. The van der Waals surface area contributed by atoms with E-state index < -0.39 is 0 Å². The highest BCUT2D eigenvalue weighted by atomic mass is 16.3. The Morgan fingerprint density at radius 3 is 2.41 bits per heavy atom. The largest absolute Gasteiger partial charge is 0.507 e. The highest BCUT2D eigenvalue weighted by Gasteiger charge is 2.08. The van der Waals surface area contributed by atoms with Gasteiger partial charge in [-0.05, 0) is 50.0 Å². The van der Waals surface area contributed by atoms with Crippen molar-refractivity contribution in [3.8, 4) is 5.75 Å². The van der Waals surface area contributed by atoms with Crippen LogP contribution in [-0.2, 0) is 6.42 Å². The van der Waals surface area contributed by atoms with Gasteiger partial charge >= 0.3 is 0 Å². The molecular formula is C15H19NO. The van der Waals surface area contributed by atoms with Crippen LogP contribution in [0.25, 0.3) is 10.8 Å². The molecule has 0 saturated heterocycles. The zero-order valence-corrected chi connectivity index (χ0v) is 10.7. The molecule has 2 nitrogen and oxygen atoms in total. The Kier molecular flexibility index (Phi) is 3.34. The Morgan fingerprint density at radius 1 is 1.12 bits per heavy atom. The summed E-state index contributed by atoms with van der Waals surface area (Å²) < 4.78 is 0. The molecule has 0 heterocycles. The highest BCUT2D eigenvalue weighted by molar-refractivity contribution is 5.91. The summed E-state index contributed by atoms with van der Waals surface area (Å²) in [6.07, 6.45) is 1.01. The standard InChI is InChI=1S/C15H19NO/c1-11-10-15(17)14-7-5-4-6-13(14)12(11)8-9-16(2)3/h4-7,10,17H,8-9H2,1-3H3. The summed E-state index contributed by atoms with van der Waals surface area (Å²) in [5.74, 6) is 0.381. The first-order valence-corrected chi connectivity index (χ1v) is 5.94. The molecule has 2 heteroatoms. The second-order valence-corrected chi connectivity index (χ2v) is 4.79. The number of hydrogen-bond acceptors (Lipinski definition) is 2. The molecule has 0 aliphatic rings. The molecule has 0 amide bonds. The molecule has 0 aromatic heterocycles. The Labute approximate surface area is 102 Å². The first-order valence-electron chi connectivity index (χ1n) is 5.94. The van der Waals surface area contributed by atoms with Crippen molar-refractivity contribution < 1.29 is 5.11 Å². The summed E-state index contributed by atoms with van der Waals surface area (Å²) in [4.78, 5) is 2.18. The first kappa shape index (κ1) is 11.9. The fourth-order valence-corrected chi connectivity index (χ4v) is 2.22. The van der Waals surface area contributed by atoms with E-state index in [9.17, 15) is 5.11 Å². The van der Waals surface area contributed by atoms with Crippen LogP contribution < -0.4 is 0 Å². The van der Waals surface area contributed by atoms with E-state index in [4.69, 9.17) is 0 Å². The van der Waals surface area contributed by atoms with Crippen LogP contribution in [0.3, 0.4) is 0 Å². The number of phenolic OH excluding ortho intramolecular Hbond substituents is 1. The van der Waals surface area contributed by atoms with Crippen molar-refractivity contribution in [1.82, 2.24) is 4.90 Å². The molecule has 90 valence electrons. The van der Waals surface area contributed by atoms with Gasteiger partial charge in [-0.15, -0.1) is 0 Å². The molecule has 0 fully saturated rings. The topological polar surface area (TPSA) is 23.5 Å². The number of benzene rings is 2. The van der Waals surface area contributed by atoms with Gasteiger partial charge < -0.3 is 10.0 Å². The maximum atomic E-state index is 9.94. The molecule has 0 spiro atoms. The number of aromatic hydroxyl groups is 1. The predicted octanol–water partition coefficient (Wildman–Crippen LogP) is 2.96. The average molecular weight is 229 g/mol. The number of phenols is 1. The Balaban J connectivity index is 2.53. The molecule has 0 unspecified atom stereocenters. The van der Waals surface area contributed by atoms with E-state index in [1.54, 1.807) is 0 Å². The summed E-state index contributed by atoms with van der Waals surface area (Å²) in [5.41, 5.74) is 2.51. The molecule has 0 saturated carbocycles. The minimum Gasteiger partial charge on any atom is -0.507 e. The highest BCUT2D eigenvalue weighted by Crippen LogP contribution is 2.30. The van der Waals surface area contributed by atoms with E-state index in [0.29, 0.717) is 5.75 Å². The minimum atomic E-state index is 0.381. The number of hydrogen-bond donors (Lipinski definition) is 1. The van der Waals surface area contributed by atoms with Gasteiger partial charge in [0.05, 0.1) is 0 Å². The maximum absolute atomic E-state index is 9.94. The second-order valence-electron chi connectivity index (χ2n) is 4.79. The van der Waals surface area contributed by atoms with Gasteiger partial charge in [0.25, 0.3) is 0 Å². The maximum Gasteiger partial charge on any atom is 0.123 e. The van der Waals surface area contributed by atoms with Gasteiger partial charge in [-0.3, -0.25) is 0 Å². The first-order chi connectivity index (χ1) is 8.09. The summed E-state index contributed by atoms with van der Waals surface area (Å²) in [7, 11) is 4.16. The molecule has 1 N–H and O–H groups in total.